The summed E-state index contributed by atoms with van der Waals surface area (Å²) in [6, 6.07) is 0. The average Bonchev–Trinajstić information content (AvgIpc) is 2.40. The van der Waals surface area contributed by atoms with Gasteiger partial charge in [0.05, 0.1) is 0 Å². The molecule has 8 heteroatoms. The predicted octanol–water partition coefficient (Wildman–Crippen LogP) is 0.608. The monoisotopic (exact) mass is 286 g/mol. The number of nitrogens with zero attached hydrogens (tertiary/aromatic N) is 1. The largest absolute Gasteiger partial charge is 0.480 e. The lowest BCUT2D eigenvalue weighted by Crippen LogP contribution is -2.41. The fourth-order valence-corrected chi connectivity index (χ4v) is 1.10. The Hall–Kier alpha value is -2.51. The van der Waals surface area contributed by atoms with Gasteiger partial charge in [-0.3, -0.25) is 9.69 Å². The van der Waals surface area contributed by atoms with Crippen LogP contribution in [0.3, 0.4) is 0 Å². The van der Waals surface area contributed by atoms with Crippen molar-refractivity contribution in [2.24, 2.45) is 0 Å². The molecule has 8 nitrogen and oxygen atoms in total. The molecule has 0 saturated carbocycles. The Morgan fingerprint density at radius 1 is 1.15 bits per heavy atom. The van der Waals surface area contributed by atoms with Crippen molar-refractivity contribution in [1.29, 1.82) is 0 Å². The SMILES string of the molecule is C=CCOC(=O)NCCN(CC(=O)O)C(=O)OCC=C. The summed E-state index contributed by atoms with van der Waals surface area (Å²) in [5.74, 6) is -1.19. The van der Waals surface area contributed by atoms with Gasteiger partial charge in [-0.2, -0.15) is 0 Å². The quantitative estimate of drug-likeness (QED) is 0.602. The summed E-state index contributed by atoms with van der Waals surface area (Å²) in [5.41, 5.74) is 0. The minimum atomic E-state index is -1.19. The summed E-state index contributed by atoms with van der Waals surface area (Å²) < 4.78 is 9.37. The van der Waals surface area contributed by atoms with E-state index in [-0.39, 0.29) is 26.3 Å². The van der Waals surface area contributed by atoms with E-state index in [0.717, 1.165) is 4.90 Å². The topological polar surface area (TPSA) is 105 Å². The minimum Gasteiger partial charge on any atom is -0.480 e. The second-order valence-corrected chi connectivity index (χ2v) is 3.49. The lowest BCUT2D eigenvalue weighted by Gasteiger charge is -2.19. The van der Waals surface area contributed by atoms with Crippen molar-refractivity contribution in [3.8, 4) is 0 Å². The molecular formula is C12H18N2O6. The summed E-state index contributed by atoms with van der Waals surface area (Å²) in [6.07, 6.45) is 1.29. The second kappa shape index (κ2) is 10.4. The number of nitrogens with one attached hydrogen (secondary N) is 1. The number of carbonyl (C=O) groups is 3. The van der Waals surface area contributed by atoms with Gasteiger partial charge in [0.1, 0.15) is 19.8 Å². The highest BCUT2D eigenvalue weighted by molar-refractivity contribution is 5.76. The number of ether oxygens (including phenoxy) is 2. The van der Waals surface area contributed by atoms with Gasteiger partial charge in [-0.1, -0.05) is 25.3 Å². The molecule has 20 heavy (non-hydrogen) atoms. The Morgan fingerprint density at radius 2 is 1.75 bits per heavy atom. The zero-order valence-corrected chi connectivity index (χ0v) is 11.0. The van der Waals surface area contributed by atoms with E-state index in [1.165, 1.54) is 12.2 Å². The molecule has 0 aromatic rings. The van der Waals surface area contributed by atoms with Gasteiger partial charge in [-0.25, -0.2) is 9.59 Å². The Morgan fingerprint density at radius 3 is 2.30 bits per heavy atom. The maximum Gasteiger partial charge on any atom is 0.410 e. The zero-order chi connectivity index (χ0) is 15.4. The van der Waals surface area contributed by atoms with Crippen molar-refractivity contribution < 1.29 is 29.0 Å². The fourth-order valence-electron chi connectivity index (χ4n) is 1.10. The number of carboxylic acids is 1. The van der Waals surface area contributed by atoms with Gasteiger partial charge in [0.15, 0.2) is 0 Å². The molecule has 0 aromatic carbocycles. The first-order valence-corrected chi connectivity index (χ1v) is 5.77. The molecule has 0 aliphatic carbocycles. The molecule has 0 bridgehead atoms. The molecule has 0 spiro atoms. The van der Waals surface area contributed by atoms with E-state index < -0.39 is 24.7 Å². The molecule has 0 unspecified atom stereocenters. The minimum absolute atomic E-state index is 0.0224. The molecule has 0 aliphatic heterocycles. The molecule has 2 N–H and O–H groups in total. The second-order valence-electron chi connectivity index (χ2n) is 3.49. The van der Waals surface area contributed by atoms with Crippen molar-refractivity contribution in [3.63, 3.8) is 0 Å². The third-order valence-electron chi connectivity index (χ3n) is 1.89. The normalized spacial score (nSPS) is 9.20. The Labute approximate surface area is 116 Å². The van der Waals surface area contributed by atoms with E-state index in [1.54, 1.807) is 0 Å². The van der Waals surface area contributed by atoms with E-state index in [9.17, 15) is 14.4 Å². The Bertz CT molecular complexity index is 369. The van der Waals surface area contributed by atoms with Gasteiger partial charge in [0, 0.05) is 13.1 Å². The number of rotatable bonds is 9. The molecule has 0 saturated heterocycles. The van der Waals surface area contributed by atoms with Crippen LogP contribution in [0.2, 0.25) is 0 Å². The molecule has 0 atom stereocenters. The number of hydrogen-bond acceptors (Lipinski definition) is 5. The summed E-state index contributed by atoms with van der Waals surface area (Å²) in [4.78, 5) is 34.2. The van der Waals surface area contributed by atoms with Crippen LogP contribution in [0.4, 0.5) is 9.59 Å². The van der Waals surface area contributed by atoms with Crippen LogP contribution >= 0.6 is 0 Å². The van der Waals surface area contributed by atoms with Gasteiger partial charge < -0.3 is 19.9 Å². The van der Waals surface area contributed by atoms with Crippen molar-refractivity contribution in [2.75, 3.05) is 32.8 Å². The highest BCUT2D eigenvalue weighted by Gasteiger charge is 2.17. The first-order valence-electron chi connectivity index (χ1n) is 5.77. The summed E-state index contributed by atoms with van der Waals surface area (Å²) in [5, 5.41) is 11.1. The van der Waals surface area contributed by atoms with Crippen molar-refractivity contribution in [1.82, 2.24) is 10.2 Å². The summed E-state index contributed by atoms with van der Waals surface area (Å²) in [6.45, 7) is 6.27. The van der Waals surface area contributed by atoms with Crippen LogP contribution < -0.4 is 5.32 Å². The number of amides is 2. The third kappa shape index (κ3) is 8.56. The fraction of sp³-hybridized carbons (Fsp3) is 0.417. The average molecular weight is 286 g/mol. The van der Waals surface area contributed by atoms with Crippen molar-refractivity contribution in [2.45, 2.75) is 0 Å². The van der Waals surface area contributed by atoms with Crippen LogP contribution in [0.25, 0.3) is 0 Å². The molecule has 0 rings (SSSR count). The van der Waals surface area contributed by atoms with Crippen LogP contribution in [0.15, 0.2) is 25.3 Å². The zero-order valence-electron chi connectivity index (χ0n) is 11.0. The lowest BCUT2D eigenvalue weighted by molar-refractivity contribution is -0.137. The first kappa shape index (κ1) is 17.5. The summed E-state index contributed by atoms with van der Waals surface area (Å²) >= 11 is 0. The smallest absolute Gasteiger partial charge is 0.410 e. The standard InChI is InChI=1S/C12H18N2O6/c1-3-7-19-11(17)13-5-6-14(9-10(15)16)12(18)20-8-4-2/h3-4H,1-2,5-9H2,(H,13,17)(H,15,16). The molecule has 0 radical (unpaired) electrons. The van der Waals surface area contributed by atoms with Crippen LogP contribution in [0.1, 0.15) is 0 Å². The van der Waals surface area contributed by atoms with Crippen LogP contribution in [0, 0.1) is 0 Å². The maximum absolute atomic E-state index is 11.5. The van der Waals surface area contributed by atoms with Crippen LogP contribution in [-0.4, -0.2) is 61.0 Å². The van der Waals surface area contributed by atoms with Crippen molar-refractivity contribution >= 4 is 18.2 Å². The van der Waals surface area contributed by atoms with E-state index in [0.29, 0.717) is 0 Å². The summed E-state index contributed by atoms with van der Waals surface area (Å²) in [7, 11) is 0. The molecular weight excluding hydrogens is 268 g/mol. The molecule has 0 fully saturated rings. The van der Waals surface area contributed by atoms with Crippen LogP contribution in [0.5, 0.6) is 0 Å². The number of aliphatic carboxylic acids is 1. The number of alkyl carbamates (subject to hydrolysis) is 1. The highest BCUT2D eigenvalue weighted by atomic mass is 16.6. The molecule has 0 aromatic heterocycles. The van der Waals surface area contributed by atoms with Gasteiger partial charge >= 0.3 is 18.2 Å². The van der Waals surface area contributed by atoms with Gasteiger partial charge in [-0.15, -0.1) is 0 Å². The number of hydrogen-bond donors (Lipinski definition) is 2. The third-order valence-corrected chi connectivity index (χ3v) is 1.89. The van der Waals surface area contributed by atoms with E-state index in [2.05, 4.69) is 23.2 Å². The molecule has 2 amide bonds. The molecule has 0 aliphatic rings. The number of carboxylic acid groups (broad SMARTS) is 1. The van der Waals surface area contributed by atoms with E-state index >= 15 is 0 Å². The predicted molar refractivity (Wildman–Crippen MR) is 70.3 cm³/mol. The first-order chi connectivity index (χ1) is 9.51. The van der Waals surface area contributed by atoms with E-state index in [1.807, 2.05) is 0 Å². The number of carbonyl (C=O) groups excluding carboxylic acids is 2. The van der Waals surface area contributed by atoms with Crippen LogP contribution in [-0.2, 0) is 14.3 Å². The van der Waals surface area contributed by atoms with Gasteiger partial charge in [-0.05, 0) is 0 Å². The van der Waals surface area contributed by atoms with Gasteiger partial charge in [0.2, 0.25) is 0 Å². The Balaban J connectivity index is 4.18. The lowest BCUT2D eigenvalue weighted by atomic mass is 10.5. The van der Waals surface area contributed by atoms with Crippen molar-refractivity contribution in [3.05, 3.63) is 25.3 Å². The van der Waals surface area contributed by atoms with Gasteiger partial charge in [0.25, 0.3) is 0 Å². The highest BCUT2D eigenvalue weighted by Crippen LogP contribution is 1.94. The van der Waals surface area contributed by atoms with E-state index in [4.69, 9.17) is 9.84 Å². The Kier molecular flexibility index (Phi) is 9.11. The molecule has 0 heterocycles. The maximum atomic E-state index is 11.5. The molecule has 112 valence electrons.